The molecule has 134 valence electrons. The fraction of sp³-hybridized carbons (Fsp3) is 0.526. The quantitative estimate of drug-likeness (QED) is 0.809. The average molecular weight is 345 g/mol. The molecule has 0 fully saturated rings. The monoisotopic (exact) mass is 345 g/mol. The van der Waals surface area contributed by atoms with E-state index in [0.717, 1.165) is 35.6 Å². The van der Waals surface area contributed by atoms with E-state index >= 15 is 0 Å². The van der Waals surface area contributed by atoms with Crippen LogP contribution in [0, 0.1) is 0 Å². The maximum absolute atomic E-state index is 10.9. The zero-order valence-electron chi connectivity index (χ0n) is 14.3. The molecule has 2 aliphatic heterocycles. The molecule has 1 aromatic rings. The predicted octanol–water partition coefficient (Wildman–Crippen LogP) is 1.70. The number of ether oxygens (including phenoxy) is 2. The van der Waals surface area contributed by atoms with E-state index in [-0.39, 0.29) is 17.9 Å². The molecule has 6 heteroatoms. The minimum Gasteiger partial charge on any atom is -0.493 e. The van der Waals surface area contributed by atoms with E-state index in [0.29, 0.717) is 19.5 Å². The summed E-state index contributed by atoms with van der Waals surface area (Å²) in [5.74, 6) is 0.724. The normalized spacial score (nSPS) is 30.2. The Kier molecular flexibility index (Phi) is 3.96. The summed E-state index contributed by atoms with van der Waals surface area (Å²) in [5, 5.41) is 19.1. The largest absolute Gasteiger partial charge is 0.493 e. The molecule has 0 radical (unpaired) electrons. The number of methoxy groups -OCH3 is 1. The molecule has 6 nitrogen and oxygen atoms in total. The summed E-state index contributed by atoms with van der Waals surface area (Å²) in [6, 6.07) is 3.98. The standard InChI is InChI=1S/C19H23NO5/c1-24-14-3-2-12-11-20(8-5-16(22)23)9-7-19-6-4-13(21)10-15(19)25-18(14)17(12)19/h2-4,6,13,15,21H,5,7-11H2,1H3,(H,22,23). The number of aliphatic carboxylic acids is 1. The molecule has 1 aliphatic carbocycles. The number of rotatable bonds is 4. The first kappa shape index (κ1) is 16.4. The minimum absolute atomic E-state index is 0.114. The molecular weight excluding hydrogens is 322 g/mol. The van der Waals surface area contributed by atoms with Crippen LogP contribution in [0.2, 0.25) is 0 Å². The Hall–Kier alpha value is -2.05. The van der Waals surface area contributed by atoms with Crippen molar-refractivity contribution in [3.63, 3.8) is 0 Å². The Bertz CT molecular complexity index is 731. The SMILES string of the molecule is COc1ccc2c3c1OC1CC(O)C=CC31CCN(CCC(=O)O)C2. The van der Waals surface area contributed by atoms with Gasteiger partial charge in [0.15, 0.2) is 11.5 Å². The summed E-state index contributed by atoms with van der Waals surface area (Å²) in [6.45, 7) is 2.03. The average Bonchev–Trinajstić information content (AvgIpc) is 2.82. The van der Waals surface area contributed by atoms with Crippen LogP contribution in [0.5, 0.6) is 11.5 Å². The highest BCUT2D eigenvalue weighted by atomic mass is 16.5. The molecule has 0 bridgehead atoms. The molecule has 3 unspecified atom stereocenters. The minimum atomic E-state index is -0.774. The number of hydrogen-bond acceptors (Lipinski definition) is 5. The molecule has 25 heavy (non-hydrogen) atoms. The second-order valence-corrected chi connectivity index (χ2v) is 7.11. The van der Waals surface area contributed by atoms with Crippen molar-refractivity contribution in [1.29, 1.82) is 0 Å². The van der Waals surface area contributed by atoms with Crippen molar-refractivity contribution < 1.29 is 24.5 Å². The first-order valence-electron chi connectivity index (χ1n) is 8.72. The van der Waals surface area contributed by atoms with Gasteiger partial charge in [-0.3, -0.25) is 9.69 Å². The summed E-state index contributed by atoms with van der Waals surface area (Å²) >= 11 is 0. The highest BCUT2D eigenvalue weighted by molar-refractivity contribution is 5.67. The number of carboxylic acids is 1. The highest BCUT2D eigenvalue weighted by Crippen LogP contribution is 2.55. The highest BCUT2D eigenvalue weighted by Gasteiger charge is 2.52. The van der Waals surface area contributed by atoms with Crippen LogP contribution < -0.4 is 9.47 Å². The maximum Gasteiger partial charge on any atom is 0.304 e. The lowest BCUT2D eigenvalue weighted by Crippen LogP contribution is -2.43. The molecule has 0 saturated carbocycles. The molecule has 3 atom stereocenters. The van der Waals surface area contributed by atoms with Crippen LogP contribution in [0.15, 0.2) is 24.3 Å². The Labute approximate surface area is 146 Å². The molecule has 1 aromatic carbocycles. The topological polar surface area (TPSA) is 79.2 Å². The van der Waals surface area contributed by atoms with Crippen molar-refractivity contribution in [3.8, 4) is 11.5 Å². The van der Waals surface area contributed by atoms with Gasteiger partial charge in [0.1, 0.15) is 6.10 Å². The van der Waals surface area contributed by atoms with Gasteiger partial charge in [-0.1, -0.05) is 18.2 Å². The first-order chi connectivity index (χ1) is 12.0. The van der Waals surface area contributed by atoms with Gasteiger partial charge in [0.05, 0.1) is 25.0 Å². The Morgan fingerprint density at radius 1 is 1.48 bits per heavy atom. The Morgan fingerprint density at radius 3 is 3.08 bits per heavy atom. The lowest BCUT2D eigenvalue weighted by molar-refractivity contribution is -0.137. The second-order valence-electron chi connectivity index (χ2n) is 7.11. The third kappa shape index (κ3) is 2.60. The van der Waals surface area contributed by atoms with Crippen molar-refractivity contribution in [2.75, 3.05) is 20.2 Å². The zero-order chi connectivity index (χ0) is 17.6. The van der Waals surface area contributed by atoms with Crippen LogP contribution in [0.1, 0.15) is 30.4 Å². The number of benzene rings is 1. The fourth-order valence-electron chi connectivity index (χ4n) is 4.44. The molecule has 1 spiro atoms. The first-order valence-corrected chi connectivity index (χ1v) is 8.72. The van der Waals surface area contributed by atoms with Gasteiger partial charge in [0.2, 0.25) is 0 Å². The maximum atomic E-state index is 10.9. The summed E-state index contributed by atoms with van der Waals surface area (Å²) in [6.07, 6.45) is 4.89. The van der Waals surface area contributed by atoms with E-state index in [2.05, 4.69) is 17.0 Å². The number of carbonyl (C=O) groups is 1. The lowest BCUT2D eigenvalue weighted by atomic mass is 9.69. The Balaban J connectivity index is 1.77. The van der Waals surface area contributed by atoms with Gasteiger partial charge >= 0.3 is 5.97 Å². The number of aliphatic hydroxyl groups excluding tert-OH is 1. The van der Waals surface area contributed by atoms with Gasteiger partial charge in [0.25, 0.3) is 0 Å². The van der Waals surface area contributed by atoms with Crippen molar-refractivity contribution in [2.45, 2.75) is 43.4 Å². The van der Waals surface area contributed by atoms with Gasteiger partial charge < -0.3 is 19.7 Å². The van der Waals surface area contributed by atoms with Crippen LogP contribution in [0.4, 0.5) is 0 Å². The van der Waals surface area contributed by atoms with E-state index < -0.39 is 12.1 Å². The van der Waals surface area contributed by atoms with Crippen LogP contribution >= 0.6 is 0 Å². The van der Waals surface area contributed by atoms with Crippen molar-refractivity contribution in [2.24, 2.45) is 0 Å². The summed E-state index contributed by atoms with van der Waals surface area (Å²) in [5.41, 5.74) is 2.04. The van der Waals surface area contributed by atoms with Crippen LogP contribution in [0.3, 0.4) is 0 Å². The van der Waals surface area contributed by atoms with E-state index in [1.807, 2.05) is 12.1 Å². The fourth-order valence-corrected chi connectivity index (χ4v) is 4.44. The zero-order valence-corrected chi connectivity index (χ0v) is 14.3. The smallest absolute Gasteiger partial charge is 0.304 e. The molecular formula is C19H23NO5. The summed E-state index contributed by atoms with van der Waals surface area (Å²) in [7, 11) is 1.64. The number of hydrogen-bond donors (Lipinski definition) is 2. The number of aliphatic hydroxyl groups is 1. The van der Waals surface area contributed by atoms with Crippen LogP contribution in [0.25, 0.3) is 0 Å². The van der Waals surface area contributed by atoms with E-state index in [4.69, 9.17) is 14.6 Å². The lowest BCUT2D eigenvalue weighted by Gasteiger charge is -2.35. The predicted molar refractivity (Wildman–Crippen MR) is 91.0 cm³/mol. The van der Waals surface area contributed by atoms with Gasteiger partial charge in [0, 0.05) is 25.1 Å². The van der Waals surface area contributed by atoms with Gasteiger partial charge in [-0.25, -0.2) is 0 Å². The molecule has 0 amide bonds. The molecule has 2 N–H and O–H groups in total. The summed E-state index contributed by atoms with van der Waals surface area (Å²) < 4.78 is 11.8. The summed E-state index contributed by atoms with van der Waals surface area (Å²) in [4.78, 5) is 13.1. The van der Waals surface area contributed by atoms with Gasteiger partial charge in [-0.05, 0) is 24.6 Å². The van der Waals surface area contributed by atoms with Gasteiger partial charge in [-0.15, -0.1) is 0 Å². The molecule has 4 rings (SSSR count). The van der Waals surface area contributed by atoms with Crippen LogP contribution in [-0.4, -0.2) is 53.5 Å². The van der Waals surface area contributed by atoms with Crippen molar-refractivity contribution >= 4 is 5.97 Å². The van der Waals surface area contributed by atoms with Crippen LogP contribution in [-0.2, 0) is 16.8 Å². The third-order valence-electron chi connectivity index (χ3n) is 5.68. The van der Waals surface area contributed by atoms with E-state index in [1.165, 1.54) is 0 Å². The molecule has 0 aromatic heterocycles. The second kappa shape index (κ2) is 6.04. The van der Waals surface area contributed by atoms with E-state index in [9.17, 15) is 9.90 Å². The Morgan fingerprint density at radius 2 is 2.32 bits per heavy atom. The van der Waals surface area contributed by atoms with Crippen molar-refractivity contribution in [1.82, 2.24) is 4.90 Å². The number of carboxylic acid groups (broad SMARTS) is 1. The molecule has 3 aliphatic rings. The van der Waals surface area contributed by atoms with Crippen molar-refractivity contribution in [3.05, 3.63) is 35.4 Å². The molecule has 2 heterocycles. The molecule has 0 saturated heterocycles. The number of nitrogens with zero attached hydrogens (tertiary/aromatic N) is 1. The third-order valence-corrected chi connectivity index (χ3v) is 5.68. The van der Waals surface area contributed by atoms with Gasteiger partial charge in [-0.2, -0.15) is 0 Å². The van der Waals surface area contributed by atoms with E-state index in [1.54, 1.807) is 7.11 Å².